The lowest BCUT2D eigenvalue weighted by atomic mass is 11.8. The van der Waals surface area contributed by atoms with Gasteiger partial charge in [-0.15, -0.1) is 23.2 Å². The molecule has 0 heterocycles. The standard InChI is InChI=1S/C4H10Cl2O2Si/c1-7-9(3,8-2)4(5)6/h4H,1-3H3. The van der Waals surface area contributed by atoms with Gasteiger partial charge >= 0.3 is 8.56 Å². The van der Waals surface area contributed by atoms with Crippen molar-refractivity contribution in [1.29, 1.82) is 0 Å². The van der Waals surface area contributed by atoms with Crippen LogP contribution in [0.25, 0.3) is 0 Å². The molecule has 0 N–H and O–H groups in total. The minimum Gasteiger partial charge on any atom is -0.396 e. The van der Waals surface area contributed by atoms with Gasteiger partial charge in [0.2, 0.25) is 0 Å². The van der Waals surface area contributed by atoms with E-state index in [1.807, 2.05) is 0 Å². The van der Waals surface area contributed by atoms with Crippen molar-refractivity contribution in [3.05, 3.63) is 0 Å². The van der Waals surface area contributed by atoms with Crippen molar-refractivity contribution in [2.45, 2.75) is 11.0 Å². The first-order valence-electron chi connectivity index (χ1n) is 2.45. The Labute approximate surface area is 66.3 Å². The SMILES string of the molecule is CO[Si](C)(OC)C(Cl)Cl. The van der Waals surface area contributed by atoms with Crippen LogP contribution in [-0.2, 0) is 8.85 Å². The third-order valence-electron chi connectivity index (χ3n) is 1.21. The van der Waals surface area contributed by atoms with Crippen LogP contribution in [0.15, 0.2) is 0 Å². The van der Waals surface area contributed by atoms with Gasteiger partial charge in [-0.25, -0.2) is 0 Å². The lowest BCUT2D eigenvalue weighted by molar-refractivity contribution is 0.253. The van der Waals surface area contributed by atoms with Gasteiger partial charge in [-0.05, 0) is 6.55 Å². The van der Waals surface area contributed by atoms with Crippen LogP contribution in [0.2, 0.25) is 6.55 Å². The van der Waals surface area contributed by atoms with Crippen LogP contribution < -0.4 is 0 Å². The Morgan fingerprint density at radius 3 is 1.56 bits per heavy atom. The molecule has 9 heavy (non-hydrogen) atoms. The normalized spacial score (nSPS) is 12.7. The zero-order valence-corrected chi connectivity index (χ0v) is 8.16. The molecule has 0 aromatic carbocycles. The minimum atomic E-state index is -2.24. The van der Waals surface area contributed by atoms with Gasteiger partial charge in [0.15, 0.2) is 4.46 Å². The van der Waals surface area contributed by atoms with E-state index in [0.717, 1.165) is 0 Å². The van der Waals surface area contributed by atoms with Gasteiger partial charge in [-0.2, -0.15) is 0 Å². The molecule has 0 aromatic rings. The van der Waals surface area contributed by atoms with E-state index in [-0.39, 0.29) is 0 Å². The third kappa shape index (κ3) is 2.43. The molecule has 0 bridgehead atoms. The van der Waals surface area contributed by atoms with Crippen molar-refractivity contribution in [2.75, 3.05) is 14.2 Å². The predicted molar refractivity (Wildman–Crippen MR) is 41.1 cm³/mol. The smallest absolute Gasteiger partial charge is 0.368 e. The molecule has 0 fully saturated rings. The summed E-state index contributed by atoms with van der Waals surface area (Å²) < 4.78 is 9.47. The molecule has 0 atom stereocenters. The van der Waals surface area contributed by atoms with E-state index in [4.69, 9.17) is 32.1 Å². The Balaban J connectivity index is 3.92. The highest BCUT2D eigenvalue weighted by molar-refractivity contribution is 6.84. The van der Waals surface area contributed by atoms with Crippen LogP contribution in [-0.4, -0.2) is 27.2 Å². The maximum atomic E-state index is 5.56. The fourth-order valence-electron chi connectivity index (χ4n) is 0.262. The van der Waals surface area contributed by atoms with Gasteiger partial charge in [-0.3, -0.25) is 0 Å². The van der Waals surface area contributed by atoms with E-state index in [9.17, 15) is 0 Å². The lowest BCUT2D eigenvalue weighted by Crippen LogP contribution is -2.43. The molecule has 0 aliphatic carbocycles. The van der Waals surface area contributed by atoms with E-state index >= 15 is 0 Å². The Kier molecular flexibility index (Phi) is 4.08. The first-order chi connectivity index (χ1) is 4.06. The fourth-order valence-corrected chi connectivity index (χ4v) is 1.85. The molecular weight excluding hydrogens is 179 g/mol. The summed E-state index contributed by atoms with van der Waals surface area (Å²) in [6, 6.07) is 0. The summed E-state index contributed by atoms with van der Waals surface area (Å²) >= 11 is 11.1. The molecule has 0 radical (unpaired) electrons. The number of halogens is 2. The van der Waals surface area contributed by atoms with E-state index in [1.165, 1.54) is 0 Å². The molecule has 0 amide bonds. The summed E-state index contributed by atoms with van der Waals surface area (Å²) in [6.45, 7) is 1.80. The number of hydrogen-bond acceptors (Lipinski definition) is 2. The summed E-state index contributed by atoms with van der Waals surface area (Å²) in [6.07, 6.45) is 0. The van der Waals surface area contributed by atoms with Gasteiger partial charge in [0, 0.05) is 14.2 Å². The molecular formula is C4H10Cl2O2Si. The Morgan fingerprint density at radius 1 is 1.22 bits per heavy atom. The maximum absolute atomic E-state index is 5.56. The summed E-state index contributed by atoms with van der Waals surface area (Å²) in [5, 5.41) is 0. The molecule has 0 aromatic heterocycles. The molecule has 0 spiro atoms. The highest BCUT2D eigenvalue weighted by Gasteiger charge is 2.36. The molecule has 0 saturated carbocycles. The topological polar surface area (TPSA) is 18.5 Å². The number of rotatable bonds is 3. The highest BCUT2D eigenvalue weighted by Crippen LogP contribution is 2.18. The van der Waals surface area contributed by atoms with Crippen LogP contribution in [0.3, 0.4) is 0 Å². The molecule has 0 rings (SSSR count). The van der Waals surface area contributed by atoms with Gasteiger partial charge in [0.25, 0.3) is 0 Å². The van der Waals surface area contributed by atoms with Crippen LogP contribution in [0.5, 0.6) is 0 Å². The van der Waals surface area contributed by atoms with Gasteiger partial charge in [0.1, 0.15) is 0 Å². The van der Waals surface area contributed by atoms with Crippen molar-refractivity contribution in [2.24, 2.45) is 0 Å². The van der Waals surface area contributed by atoms with Crippen molar-refractivity contribution in [3.63, 3.8) is 0 Å². The summed E-state index contributed by atoms with van der Waals surface area (Å²) in [5.74, 6) is 0. The second kappa shape index (κ2) is 3.78. The molecule has 0 aliphatic heterocycles. The Morgan fingerprint density at radius 2 is 1.56 bits per heavy atom. The number of hydrogen-bond donors (Lipinski definition) is 0. The van der Waals surface area contributed by atoms with Crippen LogP contribution in [0.1, 0.15) is 0 Å². The van der Waals surface area contributed by atoms with E-state index in [0.29, 0.717) is 0 Å². The molecule has 0 saturated heterocycles. The minimum absolute atomic E-state index is 0.535. The van der Waals surface area contributed by atoms with Crippen LogP contribution in [0.4, 0.5) is 0 Å². The van der Waals surface area contributed by atoms with Crippen molar-refractivity contribution in [3.8, 4) is 0 Å². The fraction of sp³-hybridized carbons (Fsp3) is 1.00. The zero-order valence-electron chi connectivity index (χ0n) is 5.65. The highest BCUT2D eigenvalue weighted by atomic mass is 35.5. The molecule has 2 nitrogen and oxygen atoms in total. The molecule has 5 heteroatoms. The second-order valence-corrected chi connectivity index (χ2v) is 6.98. The van der Waals surface area contributed by atoms with E-state index < -0.39 is 13.0 Å². The van der Waals surface area contributed by atoms with Crippen molar-refractivity contribution in [1.82, 2.24) is 0 Å². The second-order valence-electron chi connectivity index (χ2n) is 1.72. The largest absolute Gasteiger partial charge is 0.396 e. The maximum Gasteiger partial charge on any atom is 0.368 e. The quantitative estimate of drug-likeness (QED) is 0.496. The first-order valence-corrected chi connectivity index (χ1v) is 5.72. The van der Waals surface area contributed by atoms with Crippen molar-refractivity contribution < 1.29 is 8.85 Å². The van der Waals surface area contributed by atoms with Gasteiger partial charge in [-0.1, -0.05) is 0 Å². The van der Waals surface area contributed by atoms with Gasteiger partial charge < -0.3 is 8.85 Å². The Hall–Kier alpha value is 0.717. The van der Waals surface area contributed by atoms with E-state index in [2.05, 4.69) is 0 Å². The average Bonchev–Trinajstić information content (AvgIpc) is 1.86. The predicted octanol–water partition coefficient (Wildman–Crippen LogP) is 1.69. The molecule has 0 aliphatic rings. The summed E-state index contributed by atoms with van der Waals surface area (Å²) in [5.41, 5.74) is 0. The van der Waals surface area contributed by atoms with Crippen LogP contribution >= 0.6 is 23.2 Å². The average molecular weight is 189 g/mol. The first kappa shape index (κ1) is 9.72. The molecule has 0 unspecified atom stereocenters. The number of alkyl halides is 2. The van der Waals surface area contributed by atoms with E-state index in [1.54, 1.807) is 20.8 Å². The van der Waals surface area contributed by atoms with Gasteiger partial charge in [0.05, 0.1) is 0 Å². The zero-order chi connectivity index (χ0) is 7.49. The lowest BCUT2D eigenvalue weighted by Gasteiger charge is -2.22. The molecule has 56 valence electrons. The third-order valence-corrected chi connectivity index (χ3v) is 6.00. The Bertz CT molecular complexity index is 84.6. The van der Waals surface area contributed by atoms with Crippen LogP contribution in [0, 0.1) is 0 Å². The summed E-state index contributed by atoms with van der Waals surface area (Å²) in [4.78, 5) is 0. The van der Waals surface area contributed by atoms with Crippen molar-refractivity contribution >= 4 is 31.8 Å². The monoisotopic (exact) mass is 188 g/mol. The summed E-state index contributed by atoms with van der Waals surface area (Å²) in [7, 11) is 0.854.